The van der Waals surface area contributed by atoms with E-state index in [1.54, 1.807) is 24.3 Å². The average molecular weight is 328 g/mol. The van der Waals surface area contributed by atoms with Crippen molar-refractivity contribution in [2.24, 2.45) is 0 Å². The van der Waals surface area contributed by atoms with Crippen LogP contribution in [0.2, 0.25) is 10.0 Å². The molecule has 0 amide bonds. The number of hydrogen-bond acceptors (Lipinski definition) is 2. The van der Waals surface area contributed by atoms with E-state index in [0.29, 0.717) is 28.4 Å². The van der Waals surface area contributed by atoms with Crippen LogP contribution in [0.15, 0.2) is 36.4 Å². The van der Waals surface area contributed by atoms with Crippen molar-refractivity contribution in [2.75, 3.05) is 0 Å². The summed E-state index contributed by atoms with van der Waals surface area (Å²) >= 11 is 11.8. The van der Waals surface area contributed by atoms with E-state index in [2.05, 4.69) is 5.32 Å². The van der Waals surface area contributed by atoms with Crippen LogP contribution >= 0.6 is 23.2 Å². The molecule has 0 saturated heterocycles. The quantitative estimate of drug-likeness (QED) is 0.791. The Kier molecular flexibility index (Phi) is 5.45. The first-order valence-corrected chi connectivity index (χ1v) is 7.35. The van der Waals surface area contributed by atoms with Crippen LogP contribution in [-0.4, -0.2) is 6.04 Å². The second kappa shape index (κ2) is 7.12. The Balaban J connectivity index is 2.13. The molecule has 0 radical (unpaired) electrons. The molecule has 112 valence electrons. The Morgan fingerprint density at radius 1 is 1.10 bits per heavy atom. The predicted octanol–water partition coefficient (Wildman–Crippen LogP) is 5.42. The lowest BCUT2D eigenvalue weighted by Gasteiger charge is -2.11. The molecular formula is C16H16Cl2FNO. The smallest absolute Gasteiger partial charge is 0.166 e. The minimum atomic E-state index is -0.422. The number of benzene rings is 2. The maximum atomic E-state index is 14.0. The van der Waals surface area contributed by atoms with Gasteiger partial charge in [0.25, 0.3) is 0 Å². The van der Waals surface area contributed by atoms with Crippen molar-refractivity contribution in [1.82, 2.24) is 5.32 Å². The zero-order chi connectivity index (χ0) is 15.4. The second-order valence-corrected chi connectivity index (χ2v) is 5.88. The molecule has 2 nitrogen and oxygen atoms in total. The van der Waals surface area contributed by atoms with Gasteiger partial charge in [-0.25, -0.2) is 4.39 Å². The van der Waals surface area contributed by atoms with Gasteiger partial charge in [-0.3, -0.25) is 0 Å². The van der Waals surface area contributed by atoms with E-state index in [1.165, 1.54) is 6.07 Å². The van der Waals surface area contributed by atoms with Crippen molar-refractivity contribution in [2.45, 2.75) is 26.4 Å². The van der Waals surface area contributed by atoms with Gasteiger partial charge < -0.3 is 10.1 Å². The summed E-state index contributed by atoms with van der Waals surface area (Å²) in [5.74, 6) is 0.121. The lowest BCUT2D eigenvalue weighted by molar-refractivity contribution is 0.441. The molecule has 0 saturated carbocycles. The molecule has 0 bridgehead atoms. The molecule has 0 spiro atoms. The molecule has 0 aliphatic heterocycles. The number of rotatable bonds is 5. The lowest BCUT2D eigenvalue weighted by Crippen LogP contribution is -2.21. The zero-order valence-corrected chi connectivity index (χ0v) is 13.3. The molecule has 0 aliphatic carbocycles. The first-order valence-electron chi connectivity index (χ1n) is 6.60. The van der Waals surface area contributed by atoms with Crippen LogP contribution in [0, 0.1) is 5.82 Å². The van der Waals surface area contributed by atoms with Gasteiger partial charge in [0, 0.05) is 22.6 Å². The van der Waals surface area contributed by atoms with Crippen molar-refractivity contribution in [3.8, 4) is 11.5 Å². The van der Waals surface area contributed by atoms with E-state index in [0.717, 1.165) is 5.56 Å². The summed E-state index contributed by atoms with van der Waals surface area (Å²) < 4.78 is 19.5. The summed E-state index contributed by atoms with van der Waals surface area (Å²) in [6, 6.07) is 9.98. The van der Waals surface area contributed by atoms with Gasteiger partial charge >= 0.3 is 0 Å². The summed E-state index contributed by atoms with van der Waals surface area (Å²) in [6.07, 6.45) is 0. The van der Waals surface area contributed by atoms with Crippen LogP contribution in [0.5, 0.6) is 11.5 Å². The predicted molar refractivity (Wildman–Crippen MR) is 84.9 cm³/mol. The summed E-state index contributed by atoms with van der Waals surface area (Å²) in [4.78, 5) is 0. The molecule has 0 atom stereocenters. The number of ether oxygens (including phenoxy) is 1. The molecular weight excluding hydrogens is 312 g/mol. The van der Waals surface area contributed by atoms with Gasteiger partial charge in [0.2, 0.25) is 0 Å². The number of hydrogen-bond donors (Lipinski definition) is 1. The maximum absolute atomic E-state index is 14.0. The van der Waals surface area contributed by atoms with Crippen molar-refractivity contribution in [3.05, 3.63) is 57.8 Å². The van der Waals surface area contributed by atoms with Gasteiger partial charge in [0.15, 0.2) is 11.6 Å². The van der Waals surface area contributed by atoms with Crippen LogP contribution in [0.1, 0.15) is 19.4 Å². The fraction of sp³-hybridized carbons (Fsp3) is 0.250. The highest BCUT2D eigenvalue weighted by Gasteiger charge is 2.08. The third-order valence-corrected chi connectivity index (χ3v) is 3.21. The standard InChI is InChI=1S/C16H16Cl2FNO/c1-10(2)20-9-11-3-4-16(15(19)5-11)21-14-7-12(17)6-13(18)8-14/h3-8,10,20H,9H2,1-2H3. The molecule has 2 rings (SSSR count). The molecule has 0 aliphatic rings. The Labute approximate surface area is 133 Å². The summed E-state index contributed by atoms with van der Waals surface area (Å²) in [5.41, 5.74) is 0.859. The normalized spacial score (nSPS) is 11.0. The fourth-order valence-electron chi connectivity index (χ4n) is 1.77. The first-order chi connectivity index (χ1) is 9.94. The Bertz CT molecular complexity index is 611. The minimum absolute atomic E-state index is 0.140. The number of halogens is 3. The number of nitrogens with one attached hydrogen (secondary N) is 1. The van der Waals surface area contributed by atoms with E-state index in [1.807, 2.05) is 19.9 Å². The molecule has 1 N–H and O–H groups in total. The minimum Gasteiger partial charge on any atom is -0.454 e. The van der Waals surface area contributed by atoms with Crippen LogP contribution in [0.4, 0.5) is 4.39 Å². The molecule has 0 unspecified atom stereocenters. The van der Waals surface area contributed by atoms with Crippen molar-refractivity contribution in [3.63, 3.8) is 0 Å². The van der Waals surface area contributed by atoms with E-state index < -0.39 is 5.82 Å². The van der Waals surface area contributed by atoms with Crippen LogP contribution in [0.25, 0.3) is 0 Å². The van der Waals surface area contributed by atoms with E-state index in [9.17, 15) is 4.39 Å². The van der Waals surface area contributed by atoms with Crippen molar-refractivity contribution < 1.29 is 9.13 Å². The lowest BCUT2D eigenvalue weighted by atomic mass is 10.2. The molecule has 21 heavy (non-hydrogen) atoms. The molecule has 0 aromatic heterocycles. The SMILES string of the molecule is CC(C)NCc1ccc(Oc2cc(Cl)cc(Cl)c2)c(F)c1. The average Bonchev–Trinajstić information content (AvgIpc) is 2.38. The highest BCUT2D eigenvalue weighted by Crippen LogP contribution is 2.30. The summed E-state index contributed by atoms with van der Waals surface area (Å²) in [7, 11) is 0. The van der Waals surface area contributed by atoms with E-state index in [4.69, 9.17) is 27.9 Å². The van der Waals surface area contributed by atoms with Crippen LogP contribution in [0.3, 0.4) is 0 Å². The second-order valence-electron chi connectivity index (χ2n) is 5.01. The van der Waals surface area contributed by atoms with Gasteiger partial charge in [-0.1, -0.05) is 43.1 Å². The van der Waals surface area contributed by atoms with Crippen LogP contribution in [-0.2, 0) is 6.54 Å². The van der Waals surface area contributed by atoms with E-state index >= 15 is 0 Å². The Morgan fingerprint density at radius 3 is 2.33 bits per heavy atom. The molecule has 2 aromatic rings. The summed E-state index contributed by atoms with van der Waals surface area (Å²) in [5, 5.41) is 4.11. The van der Waals surface area contributed by atoms with Gasteiger partial charge in [-0.05, 0) is 35.9 Å². The Morgan fingerprint density at radius 2 is 1.76 bits per heavy atom. The molecule has 0 fully saturated rings. The molecule has 0 heterocycles. The third kappa shape index (κ3) is 4.88. The zero-order valence-electron chi connectivity index (χ0n) is 11.8. The summed E-state index contributed by atoms with van der Waals surface area (Å²) in [6.45, 7) is 4.69. The van der Waals surface area contributed by atoms with Gasteiger partial charge in [0.05, 0.1) is 0 Å². The van der Waals surface area contributed by atoms with Gasteiger partial charge in [-0.15, -0.1) is 0 Å². The van der Waals surface area contributed by atoms with Crippen LogP contribution < -0.4 is 10.1 Å². The fourth-order valence-corrected chi connectivity index (χ4v) is 2.28. The molecule has 5 heteroatoms. The Hall–Kier alpha value is -1.29. The largest absolute Gasteiger partial charge is 0.454 e. The van der Waals surface area contributed by atoms with Gasteiger partial charge in [-0.2, -0.15) is 0 Å². The first kappa shape index (κ1) is 16.1. The van der Waals surface area contributed by atoms with Gasteiger partial charge in [0.1, 0.15) is 5.75 Å². The topological polar surface area (TPSA) is 21.3 Å². The highest BCUT2D eigenvalue weighted by molar-refractivity contribution is 6.34. The van der Waals surface area contributed by atoms with E-state index in [-0.39, 0.29) is 5.75 Å². The maximum Gasteiger partial charge on any atom is 0.166 e. The third-order valence-electron chi connectivity index (χ3n) is 2.77. The van der Waals surface area contributed by atoms with Crippen molar-refractivity contribution in [1.29, 1.82) is 0 Å². The molecule has 2 aromatic carbocycles. The highest BCUT2D eigenvalue weighted by atomic mass is 35.5. The monoisotopic (exact) mass is 327 g/mol. The van der Waals surface area contributed by atoms with Crippen molar-refractivity contribution >= 4 is 23.2 Å².